The average Bonchev–Trinajstić information content (AvgIpc) is 2.72. The zero-order valence-electron chi connectivity index (χ0n) is 7.95. The van der Waals surface area contributed by atoms with Crippen LogP contribution in [-0.4, -0.2) is 16.7 Å². The molecule has 1 aromatic heterocycles. The normalized spacial score (nSPS) is 27.8. The summed E-state index contributed by atoms with van der Waals surface area (Å²) in [5.74, 6) is 1.96. The molecular formula is C9H14ClN3O. The first-order chi connectivity index (χ1) is 6.90. The van der Waals surface area contributed by atoms with Crippen molar-refractivity contribution in [1.82, 2.24) is 15.0 Å². The highest BCUT2D eigenvalue weighted by Crippen LogP contribution is 2.34. The number of nitrogens with one attached hydrogen (secondary N) is 1. The van der Waals surface area contributed by atoms with E-state index in [9.17, 15) is 0 Å². The minimum atomic E-state index is 0.462. The molecule has 5 heteroatoms. The predicted octanol–water partition coefficient (Wildman–Crippen LogP) is 2.09. The highest BCUT2D eigenvalue weighted by Gasteiger charge is 2.24. The minimum Gasteiger partial charge on any atom is -0.428 e. The highest BCUT2D eigenvalue weighted by atomic mass is 35.5. The maximum Gasteiger partial charge on any atom is 0.219 e. The monoisotopic (exact) mass is 215 g/mol. The molecule has 0 bridgehead atoms. The summed E-state index contributed by atoms with van der Waals surface area (Å²) in [7, 11) is 0. The number of halogens is 1. The van der Waals surface area contributed by atoms with Gasteiger partial charge in [-0.2, -0.15) is 0 Å². The van der Waals surface area contributed by atoms with Gasteiger partial charge in [0, 0.05) is 12.5 Å². The van der Waals surface area contributed by atoms with Gasteiger partial charge in [0.1, 0.15) is 0 Å². The van der Waals surface area contributed by atoms with Crippen LogP contribution in [0.3, 0.4) is 0 Å². The van der Waals surface area contributed by atoms with Crippen LogP contribution in [0.25, 0.3) is 0 Å². The molecule has 0 radical (unpaired) electrons. The molecular weight excluding hydrogens is 202 g/mol. The van der Waals surface area contributed by atoms with E-state index in [1.807, 2.05) is 0 Å². The van der Waals surface area contributed by atoms with E-state index in [-0.39, 0.29) is 0 Å². The molecule has 0 unspecified atom stereocenters. The lowest BCUT2D eigenvalue weighted by Crippen LogP contribution is -2.21. The summed E-state index contributed by atoms with van der Waals surface area (Å²) < 4.78 is 5.20. The van der Waals surface area contributed by atoms with Crippen LogP contribution in [0.2, 0.25) is 0 Å². The smallest absolute Gasteiger partial charge is 0.219 e. The Hall–Kier alpha value is -0.610. The van der Waals surface area contributed by atoms with Gasteiger partial charge in [-0.05, 0) is 43.4 Å². The zero-order chi connectivity index (χ0) is 9.80. The van der Waals surface area contributed by atoms with Gasteiger partial charge in [-0.25, -0.2) is 4.84 Å². The number of nitrogens with zero attached hydrogens (tertiary/aromatic N) is 2. The Morgan fingerprint density at radius 1 is 1.43 bits per heavy atom. The third-order valence-corrected chi connectivity index (χ3v) is 3.09. The van der Waals surface area contributed by atoms with E-state index < -0.39 is 0 Å². The molecule has 1 aromatic rings. The van der Waals surface area contributed by atoms with E-state index in [0.717, 1.165) is 25.3 Å². The molecule has 0 aliphatic heterocycles. The summed E-state index contributed by atoms with van der Waals surface area (Å²) in [5, 5.41) is 7.66. The maximum absolute atomic E-state index is 5.48. The number of hydrogen-bond donors (Lipinski definition) is 1. The maximum atomic E-state index is 5.48. The van der Waals surface area contributed by atoms with Crippen LogP contribution in [-0.2, 0) is 0 Å². The van der Waals surface area contributed by atoms with Crippen molar-refractivity contribution in [2.75, 3.05) is 6.54 Å². The van der Waals surface area contributed by atoms with Crippen molar-refractivity contribution in [1.29, 1.82) is 0 Å². The van der Waals surface area contributed by atoms with Crippen molar-refractivity contribution < 1.29 is 4.42 Å². The van der Waals surface area contributed by atoms with Gasteiger partial charge in [-0.15, -0.1) is 10.2 Å². The minimum absolute atomic E-state index is 0.462. The lowest BCUT2D eigenvalue weighted by Gasteiger charge is -2.25. The fraction of sp³-hybridized carbons (Fsp3) is 0.778. The molecule has 14 heavy (non-hydrogen) atoms. The molecule has 0 saturated heterocycles. The Balaban J connectivity index is 1.84. The SMILES string of the molecule is ClNCC1CCC(c2nnco2)CC1. The summed E-state index contributed by atoms with van der Waals surface area (Å²) in [6, 6.07) is 0. The molecule has 1 fully saturated rings. The standard InChI is InChI=1S/C9H14ClN3O/c10-11-5-7-1-3-8(4-2-7)9-13-12-6-14-9/h6-8,11H,1-5H2. The molecule has 0 atom stereocenters. The van der Waals surface area contributed by atoms with Crippen LogP contribution in [0.4, 0.5) is 0 Å². The quantitative estimate of drug-likeness (QED) is 0.785. The molecule has 0 spiro atoms. The van der Waals surface area contributed by atoms with Gasteiger partial charge in [-0.1, -0.05) is 0 Å². The molecule has 1 heterocycles. The molecule has 0 aromatic carbocycles. The van der Waals surface area contributed by atoms with Crippen molar-refractivity contribution >= 4 is 11.8 Å². The zero-order valence-corrected chi connectivity index (χ0v) is 8.70. The summed E-state index contributed by atoms with van der Waals surface area (Å²) in [4.78, 5) is 2.71. The van der Waals surface area contributed by atoms with Gasteiger partial charge in [0.15, 0.2) is 0 Å². The van der Waals surface area contributed by atoms with Gasteiger partial charge in [0.2, 0.25) is 12.3 Å². The Morgan fingerprint density at radius 2 is 2.21 bits per heavy atom. The largest absolute Gasteiger partial charge is 0.428 e. The Bertz CT molecular complexity index is 257. The van der Waals surface area contributed by atoms with Crippen LogP contribution in [0.15, 0.2) is 10.8 Å². The summed E-state index contributed by atoms with van der Waals surface area (Å²) in [5.41, 5.74) is 0. The second-order valence-electron chi connectivity index (χ2n) is 3.83. The van der Waals surface area contributed by atoms with Crippen LogP contribution in [0.5, 0.6) is 0 Å². The molecule has 2 rings (SSSR count). The van der Waals surface area contributed by atoms with Crippen molar-refractivity contribution in [3.63, 3.8) is 0 Å². The highest BCUT2D eigenvalue weighted by molar-refractivity contribution is 6.13. The number of aromatic nitrogens is 2. The van der Waals surface area contributed by atoms with E-state index in [2.05, 4.69) is 15.0 Å². The fourth-order valence-electron chi connectivity index (χ4n) is 2.08. The number of hydrogen-bond acceptors (Lipinski definition) is 4. The second kappa shape index (κ2) is 4.75. The molecule has 1 saturated carbocycles. The third-order valence-electron chi connectivity index (χ3n) is 2.94. The van der Waals surface area contributed by atoms with Crippen molar-refractivity contribution in [3.05, 3.63) is 12.3 Å². The molecule has 1 aliphatic carbocycles. The third kappa shape index (κ3) is 2.25. The van der Waals surface area contributed by atoms with Gasteiger partial charge in [0.05, 0.1) is 0 Å². The van der Waals surface area contributed by atoms with Gasteiger partial charge >= 0.3 is 0 Å². The molecule has 0 amide bonds. The van der Waals surface area contributed by atoms with E-state index in [0.29, 0.717) is 11.8 Å². The first-order valence-corrected chi connectivity index (χ1v) is 5.37. The summed E-state index contributed by atoms with van der Waals surface area (Å²) >= 11 is 5.48. The molecule has 4 nitrogen and oxygen atoms in total. The topological polar surface area (TPSA) is 51.0 Å². The average molecular weight is 216 g/mol. The van der Waals surface area contributed by atoms with Crippen molar-refractivity contribution in [2.24, 2.45) is 5.92 Å². The Labute approximate surface area is 88.1 Å². The Morgan fingerprint density at radius 3 is 2.79 bits per heavy atom. The predicted molar refractivity (Wildman–Crippen MR) is 52.9 cm³/mol. The van der Waals surface area contributed by atoms with Crippen LogP contribution >= 0.6 is 11.8 Å². The first-order valence-electron chi connectivity index (χ1n) is 4.99. The van der Waals surface area contributed by atoms with Crippen LogP contribution < -0.4 is 4.84 Å². The van der Waals surface area contributed by atoms with Gasteiger partial charge in [0.25, 0.3) is 0 Å². The summed E-state index contributed by atoms with van der Waals surface area (Å²) in [6.45, 7) is 0.901. The van der Waals surface area contributed by atoms with Crippen LogP contribution in [0, 0.1) is 5.92 Å². The lowest BCUT2D eigenvalue weighted by atomic mass is 9.82. The van der Waals surface area contributed by atoms with E-state index in [1.165, 1.54) is 19.2 Å². The Kier molecular flexibility index (Phi) is 3.37. The molecule has 1 aliphatic rings. The van der Waals surface area contributed by atoms with E-state index >= 15 is 0 Å². The summed E-state index contributed by atoms with van der Waals surface area (Å²) in [6.07, 6.45) is 6.04. The lowest BCUT2D eigenvalue weighted by molar-refractivity contribution is 0.293. The molecule has 78 valence electrons. The van der Waals surface area contributed by atoms with Crippen molar-refractivity contribution in [3.8, 4) is 0 Å². The van der Waals surface area contributed by atoms with E-state index in [1.54, 1.807) is 0 Å². The van der Waals surface area contributed by atoms with Crippen molar-refractivity contribution in [2.45, 2.75) is 31.6 Å². The van der Waals surface area contributed by atoms with Gasteiger partial charge < -0.3 is 4.42 Å². The van der Waals surface area contributed by atoms with E-state index in [4.69, 9.17) is 16.2 Å². The molecule has 1 N–H and O–H groups in total. The van der Waals surface area contributed by atoms with Crippen LogP contribution in [0.1, 0.15) is 37.5 Å². The number of rotatable bonds is 3. The first kappa shape index (κ1) is 9.93. The fourth-order valence-corrected chi connectivity index (χ4v) is 2.30. The van der Waals surface area contributed by atoms with Gasteiger partial charge in [-0.3, -0.25) is 0 Å². The second-order valence-corrected chi connectivity index (χ2v) is 4.10.